The fourth-order valence-electron chi connectivity index (χ4n) is 1.42. The smallest absolute Gasteiger partial charge is 0.0865 e. The molecule has 0 fully saturated rings. The van der Waals surface area contributed by atoms with E-state index < -0.39 is 0 Å². The van der Waals surface area contributed by atoms with Crippen LogP contribution in [0.15, 0.2) is 0 Å². The summed E-state index contributed by atoms with van der Waals surface area (Å²) in [6, 6.07) is 2.26. The van der Waals surface area contributed by atoms with Crippen LogP contribution in [0.3, 0.4) is 0 Å². The van der Waals surface area contributed by atoms with Gasteiger partial charge in [-0.05, 0) is 37.8 Å². The molecule has 0 aromatic carbocycles. The molecule has 0 radical (unpaired) electrons. The third kappa shape index (κ3) is 8.44. The van der Waals surface area contributed by atoms with E-state index in [0.717, 1.165) is 24.9 Å². The molecule has 88 valence electrons. The summed E-state index contributed by atoms with van der Waals surface area (Å²) < 4.78 is 0. The van der Waals surface area contributed by atoms with Gasteiger partial charge in [-0.2, -0.15) is 5.26 Å². The topological polar surface area (TPSA) is 27.0 Å². The highest BCUT2D eigenvalue weighted by molar-refractivity contribution is 4.77. The lowest BCUT2D eigenvalue weighted by molar-refractivity contribution is 0.264. The van der Waals surface area contributed by atoms with Gasteiger partial charge in [-0.15, -0.1) is 0 Å². The molecule has 0 saturated carbocycles. The van der Waals surface area contributed by atoms with Gasteiger partial charge in [0, 0.05) is 0 Å². The van der Waals surface area contributed by atoms with E-state index in [0.29, 0.717) is 6.54 Å². The van der Waals surface area contributed by atoms with Crippen LogP contribution in [0.1, 0.15) is 47.0 Å². The first-order valence-electron chi connectivity index (χ1n) is 6.19. The largest absolute Gasteiger partial charge is 0.291 e. The second-order valence-electron chi connectivity index (χ2n) is 4.92. The summed E-state index contributed by atoms with van der Waals surface area (Å²) in [5.41, 5.74) is 0. The van der Waals surface area contributed by atoms with Crippen molar-refractivity contribution in [3.05, 3.63) is 0 Å². The van der Waals surface area contributed by atoms with E-state index in [9.17, 15) is 0 Å². The quantitative estimate of drug-likeness (QED) is 0.575. The highest BCUT2D eigenvalue weighted by Crippen LogP contribution is 2.09. The Morgan fingerprint density at radius 2 is 1.73 bits per heavy atom. The summed E-state index contributed by atoms with van der Waals surface area (Å²) >= 11 is 0. The van der Waals surface area contributed by atoms with Gasteiger partial charge in [0.2, 0.25) is 0 Å². The summed E-state index contributed by atoms with van der Waals surface area (Å²) in [6.45, 7) is 11.7. The monoisotopic (exact) mass is 210 g/mol. The highest BCUT2D eigenvalue weighted by atomic mass is 15.1. The molecular weight excluding hydrogens is 184 g/mol. The van der Waals surface area contributed by atoms with Gasteiger partial charge < -0.3 is 0 Å². The molecule has 0 N–H and O–H groups in total. The van der Waals surface area contributed by atoms with Crippen LogP contribution in [0.2, 0.25) is 0 Å². The van der Waals surface area contributed by atoms with Crippen LogP contribution in [0.25, 0.3) is 0 Å². The van der Waals surface area contributed by atoms with Gasteiger partial charge >= 0.3 is 0 Å². The normalized spacial score (nSPS) is 13.1. The van der Waals surface area contributed by atoms with Gasteiger partial charge in [-0.3, -0.25) is 4.90 Å². The summed E-state index contributed by atoms with van der Waals surface area (Å²) in [5.74, 6) is 1.51. The minimum atomic E-state index is 0.586. The number of rotatable bonds is 8. The first kappa shape index (κ1) is 14.5. The predicted molar refractivity (Wildman–Crippen MR) is 65.6 cm³/mol. The number of nitrogens with zero attached hydrogens (tertiary/aromatic N) is 2. The number of hydrogen-bond acceptors (Lipinski definition) is 2. The fraction of sp³-hybridized carbons (Fsp3) is 0.923. The molecule has 0 heterocycles. The van der Waals surface area contributed by atoms with Crippen molar-refractivity contribution in [3.8, 4) is 6.07 Å². The molecule has 2 nitrogen and oxygen atoms in total. The Bertz CT molecular complexity index is 181. The van der Waals surface area contributed by atoms with Crippen LogP contribution >= 0.6 is 0 Å². The molecule has 0 rings (SSSR count). The molecule has 15 heavy (non-hydrogen) atoms. The Balaban J connectivity index is 3.78. The first-order chi connectivity index (χ1) is 7.10. The Labute approximate surface area is 95.3 Å². The lowest BCUT2D eigenvalue weighted by Gasteiger charge is -2.21. The minimum Gasteiger partial charge on any atom is -0.291 e. The highest BCUT2D eigenvalue weighted by Gasteiger charge is 2.07. The van der Waals surface area contributed by atoms with E-state index in [4.69, 9.17) is 5.26 Å². The van der Waals surface area contributed by atoms with E-state index in [1.807, 2.05) is 0 Å². The van der Waals surface area contributed by atoms with Gasteiger partial charge in [-0.1, -0.05) is 34.1 Å². The Morgan fingerprint density at radius 3 is 2.20 bits per heavy atom. The molecular formula is C13H26N2. The molecule has 0 aliphatic rings. The van der Waals surface area contributed by atoms with Crippen LogP contribution in [0, 0.1) is 23.2 Å². The molecule has 0 aromatic rings. The standard InChI is InChI=1S/C13H26N2/c1-5-13(4)7-10-15(11-8-14)9-6-12(2)3/h12-13H,5-7,9-11H2,1-4H3. The number of nitriles is 1. The van der Waals surface area contributed by atoms with Crippen molar-refractivity contribution in [2.75, 3.05) is 19.6 Å². The zero-order chi connectivity index (χ0) is 11.7. The number of hydrogen-bond donors (Lipinski definition) is 0. The van der Waals surface area contributed by atoms with Gasteiger partial charge in [0.25, 0.3) is 0 Å². The molecule has 1 unspecified atom stereocenters. The third-order valence-corrected chi connectivity index (χ3v) is 2.95. The Morgan fingerprint density at radius 1 is 1.13 bits per heavy atom. The van der Waals surface area contributed by atoms with Crippen molar-refractivity contribution in [2.45, 2.75) is 47.0 Å². The second kappa shape index (κ2) is 8.73. The molecule has 0 aliphatic heterocycles. The summed E-state index contributed by atoms with van der Waals surface area (Å²) in [6.07, 6.45) is 3.66. The zero-order valence-corrected chi connectivity index (χ0v) is 10.8. The maximum Gasteiger partial charge on any atom is 0.0865 e. The van der Waals surface area contributed by atoms with Crippen LogP contribution in [-0.2, 0) is 0 Å². The average molecular weight is 210 g/mol. The predicted octanol–water partition coefficient (Wildman–Crippen LogP) is 3.29. The molecule has 0 bridgehead atoms. The summed E-state index contributed by atoms with van der Waals surface area (Å²) in [5, 5.41) is 8.73. The van der Waals surface area contributed by atoms with Crippen molar-refractivity contribution in [3.63, 3.8) is 0 Å². The van der Waals surface area contributed by atoms with Crippen LogP contribution < -0.4 is 0 Å². The fourth-order valence-corrected chi connectivity index (χ4v) is 1.42. The lowest BCUT2D eigenvalue weighted by Crippen LogP contribution is -2.28. The first-order valence-corrected chi connectivity index (χ1v) is 6.19. The zero-order valence-electron chi connectivity index (χ0n) is 10.8. The van der Waals surface area contributed by atoms with Gasteiger partial charge in [0.1, 0.15) is 0 Å². The molecule has 1 atom stereocenters. The maximum absolute atomic E-state index is 8.73. The second-order valence-corrected chi connectivity index (χ2v) is 4.92. The summed E-state index contributed by atoms with van der Waals surface area (Å²) in [4.78, 5) is 2.28. The van der Waals surface area contributed by atoms with Gasteiger partial charge in [0.05, 0.1) is 12.6 Å². The van der Waals surface area contributed by atoms with Crippen molar-refractivity contribution >= 4 is 0 Å². The Kier molecular flexibility index (Phi) is 8.41. The van der Waals surface area contributed by atoms with E-state index in [1.54, 1.807) is 0 Å². The van der Waals surface area contributed by atoms with E-state index >= 15 is 0 Å². The van der Waals surface area contributed by atoms with E-state index in [2.05, 4.69) is 38.7 Å². The average Bonchev–Trinajstić information content (AvgIpc) is 2.21. The van der Waals surface area contributed by atoms with Crippen LogP contribution in [0.5, 0.6) is 0 Å². The lowest BCUT2D eigenvalue weighted by atomic mass is 10.0. The Hall–Kier alpha value is -0.550. The van der Waals surface area contributed by atoms with Crippen LogP contribution in [0.4, 0.5) is 0 Å². The third-order valence-electron chi connectivity index (χ3n) is 2.95. The summed E-state index contributed by atoms with van der Waals surface area (Å²) in [7, 11) is 0. The SMILES string of the molecule is CCC(C)CCN(CC#N)CCC(C)C. The van der Waals surface area contributed by atoms with Crippen molar-refractivity contribution < 1.29 is 0 Å². The van der Waals surface area contributed by atoms with Crippen molar-refractivity contribution in [1.82, 2.24) is 4.90 Å². The molecule has 0 aromatic heterocycles. The molecule has 0 spiro atoms. The maximum atomic E-state index is 8.73. The van der Waals surface area contributed by atoms with Gasteiger partial charge in [0.15, 0.2) is 0 Å². The molecule has 0 aliphatic carbocycles. The van der Waals surface area contributed by atoms with Crippen molar-refractivity contribution in [2.24, 2.45) is 11.8 Å². The van der Waals surface area contributed by atoms with E-state index in [-0.39, 0.29) is 0 Å². The molecule has 0 saturated heterocycles. The molecule has 2 heteroatoms. The van der Waals surface area contributed by atoms with E-state index in [1.165, 1.54) is 19.3 Å². The minimum absolute atomic E-state index is 0.586. The van der Waals surface area contributed by atoms with Crippen LogP contribution in [-0.4, -0.2) is 24.5 Å². The van der Waals surface area contributed by atoms with Gasteiger partial charge in [-0.25, -0.2) is 0 Å². The van der Waals surface area contributed by atoms with Crippen molar-refractivity contribution in [1.29, 1.82) is 5.26 Å². The molecule has 0 amide bonds.